The highest BCUT2D eigenvalue weighted by atomic mass is 16.1. The molecule has 1 aromatic heterocycles. The standard InChI is InChI=1S/C22H25N5O/c1-4-27(5-2)19-12-10-18(11-13-19)25-21(28)17-14-23-22(24-15-17)26-20-9-7-6-8-16(20)3/h6-15H,4-5H2,1-3H3,(H,25,28)(H,23,24,26). The zero-order valence-corrected chi connectivity index (χ0v) is 16.4. The molecule has 28 heavy (non-hydrogen) atoms. The molecule has 0 aliphatic heterocycles. The second-order valence-corrected chi connectivity index (χ2v) is 6.41. The van der Waals surface area contributed by atoms with Gasteiger partial charge >= 0.3 is 0 Å². The van der Waals surface area contributed by atoms with Crippen molar-refractivity contribution < 1.29 is 4.79 Å². The molecule has 1 heterocycles. The van der Waals surface area contributed by atoms with Gasteiger partial charge in [-0.3, -0.25) is 4.79 Å². The molecule has 6 nitrogen and oxygen atoms in total. The topological polar surface area (TPSA) is 70.2 Å². The highest BCUT2D eigenvalue weighted by Crippen LogP contribution is 2.19. The van der Waals surface area contributed by atoms with Crippen molar-refractivity contribution in [2.75, 3.05) is 28.6 Å². The fourth-order valence-corrected chi connectivity index (χ4v) is 2.89. The first-order chi connectivity index (χ1) is 13.6. The first kappa shape index (κ1) is 19.4. The van der Waals surface area contributed by atoms with Crippen molar-refractivity contribution in [3.8, 4) is 0 Å². The van der Waals surface area contributed by atoms with Gasteiger partial charge in [-0.25, -0.2) is 9.97 Å². The van der Waals surface area contributed by atoms with Gasteiger partial charge in [0.2, 0.25) is 5.95 Å². The minimum Gasteiger partial charge on any atom is -0.372 e. The molecular weight excluding hydrogens is 350 g/mol. The van der Waals surface area contributed by atoms with Crippen molar-refractivity contribution >= 4 is 28.9 Å². The van der Waals surface area contributed by atoms with Crippen LogP contribution in [-0.4, -0.2) is 29.0 Å². The van der Waals surface area contributed by atoms with E-state index < -0.39 is 0 Å². The second-order valence-electron chi connectivity index (χ2n) is 6.41. The van der Waals surface area contributed by atoms with E-state index in [0.717, 1.165) is 35.7 Å². The van der Waals surface area contributed by atoms with Gasteiger partial charge in [0.15, 0.2) is 0 Å². The molecule has 0 atom stereocenters. The Hall–Kier alpha value is -3.41. The molecule has 0 unspecified atom stereocenters. The van der Waals surface area contributed by atoms with Crippen LogP contribution in [0.2, 0.25) is 0 Å². The fraction of sp³-hybridized carbons (Fsp3) is 0.227. The molecular formula is C22H25N5O. The molecule has 0 radical (unpaired) electrons. The van der Waals surface area contributed by atoms with Gasteiger partial charge in [-0.1, -0.05) is 18.2 Å². The highest BCUT2D eigenvalue weighted by molar-refractivity contribution is 6.04. The van der Waals surface area contributed by atoms with Crippen LogP contribution in [0.5, 0.6) is 0 Å². The van der Waals surface area contributed by atoms with E-state index in [9.17, 15) is 4.79 Å². The summed E-state index contributed by atoms with van der Waals surface area (Å²) in [6.45, 7) is 8.15. The number of aryl methyl sites for hydroxylation is 1. The predicted octanol–water partition coefficient (Wildman–Crippen LogP) is 4.63. The Bertz CT molecular complexity index is 918. The zero-order valence-electron chi connectivity index (χ0n) is 16.4. The van der Waals surface area contributed by atoms with Crippen LogP contribution in [0.25, 0.3) is 0 Å². The smallest absolute Gasteiger partial charge is 0.258 e. The first-order valence-corrected chi connectivity index (χ1v) is 9.41. The molecule has 2 N–H and O–H groups in total. The lowest BCUT2D eigenvalue weighted by atomic mass is 10.2. The van der Waals surface area contributed by atoms with Crippen LogP contribution in [0.3, 0.4) is 0 Å². The lowest BCUT2D eigenvalue weighted by molar-refractivity contribution is 0.102. The van der Waals surface area contributed by atoms with Crippen molar-refractivity contribution in [3.05, 3.63) is 72.1 Å². The number of benzene rings is 2. The number of carbonyl (C=O) groups excluding carboxylic acids is 1. The Kier molecular flexibility index (Phi) is 6.22. The quantitative estimate of drug-likeness (QED) is 0.630. The van der Waals surface area contributed by atoms with Gasteiger partial charge in [0.05, 0.1) is 5.56 Å². The summed E-state index contributed by atoms with van der Waals surface area (Å²) in [5, 5.41) is 6.04. The summed E-state index contributed by atoms with van der Waals surface area (Å²) in [6.07, 6.45) is 3.04. The summed E-state index contributed by atoms with van der Waals surface area (Å²) < 4.78 is 0. The molecule has 0 spiro atoms. The van der Waals surface area contributed by atoms with Crippen molar-refractivity contribution in [1.29, 1.82) is 0 Å². The van der Waals surface area contributed by atoms with Crippen LogP contribution in [0.1, 0.15) is 29.8 Å². The number of para-hydroxylation sites is 1. The van der Waals surface area contributed by atoms with Crippen LogP contribution in [0.4, 0.5) is 23.0 Å². The Labute approximate surface area is 165 Å². The minimum atomic E-state index is -0.238. The second kappa shape index (κ2) is 8.99. The molecule has 0 fully saturated rings. The van der Waals surface area contributed by atoms with E-state index in [1.54, 1.807) is 0 Å². The average molecular weight is 375 g/mol. The zero-order chi connectivity index (χ0) is 19.9. The highest BCUT2D eigenvalue weighted by Gasteiger charge is 2.09. The van der Waals surface area contributed by atoms with E-state index in [-0.39, 0.29) is 5.91 Å². The number of aromatic nitrogens is 2. The Morgan fingerprint density at radius 3 is 2.21 bits per heavy atom. The van der Waals surface area contributed by atoms with Crippen LogP contribution < -0.4 is 15.5 Å². The summed E-state index contributed by atoms with van der Waals surface area (Å²) in [5.41, 5.74) is 4.32. The fourth-order valence-electron chi connectivity index (χ4n) is 2.89. The first-order valence-electron chi connectivity index (χ1n) is 9.41. The number of anilines is 4. The van der Waals surface area contributed by atoms with E-state index in [2.05, 4.69) is 39.3 Å². The molecule has 2 aromatic carbocycles. The number of carbonyl (C=O) groups is 1. The monoisotopic (exact) mass is 375 g/mol. The number of nitrogens with zero attached hydrogens (tertiary/aromatic N) is 3. The average Bonchev–Trinajstić information content (AvgIpc) is 2.72. The Balaban J connectivity index is 1.64. The number of hydrogen-bond acceptors (Lipinski definition) is 5. The lowest BCUT2D eigenvalue weighted by Gasteiger charge is -2.21. The third kappa shape index (κ3) is 4.65. The summed E-state index contributed by atoms with van der Waals surface area (Å²) in [4.78, 5) is 23.2. The molecule has 0 saturated heterocycles. The molecule has 3 aromatic rings. The molecule has 0 bridgehead atoms. The van der Waals surface area contributed by atoms with Gasteiger partial charge in [0.1, 0.15) is 0 Å². The van der Waals surface area contributed by atoms with Crippen LogP contribution in [-0.2, 0) is 0 Å². The Morgan fingerprint density at radius 2 is 1.61 bits per heavy atom. The minimum absolute atomic E-state index is 0.238. The van der Waals surface area contributed by atoms with Crippen LogP contribution in [0.15, 0.2) is 60.9 Å². The number of hydrogen-bond donors (Lipinski definition) is 2. The van der Waals surface area contributed by atoms with Crippen molar-refractivity contribution in [1.82, 2.24) is 9.97 Å². The maximum atomic E-state index is 12.4. The molecule has 0 aliphatic carbocycles. The number of nitrogens with one attached hydrogen (secondary N) is 2. The summed E-state index contributed by atoms with van der Waals surface area (Å²) in [5.74, 6) is 0.215. The van der Waals surface area contributed by atoms with Crippen LogP contribution >= 0.6 is 0 Å². The van der Waals surface area contributed by atoms with Crippen molar-refractivity contribution in [3.63, 3.8) is 0 Å². The van der Waals surface area contributed by atoms with Gasteiger partial charge in [0, 0.05) is 42.5 Å². The Morgan fingerprint density at radius 1 is 0.964 bits per heavy atom. The maximum absolute atomic E-state index is 12.4. The SMILES string of the molecule is CCN(CC)c1ccc(NC(=O)c2cnc(Nc3ccccc3C)nc2)cc1. The van der Waals surface area contributed by atoms with Gasteiger partial charge in [-0.15, -0.1) is 0 Å². The molecule has 144 valence electrons. The number of rotatable bonds is 7. The van der Waals surface area contributed by atoms with Gasteiger partial charge < -0.3 is 15.5 Å². The summed E-state index contributed by atoms with van der Waals surface area (Å²) in [6, 6.07) is 15.7. The molecule has 0 aliphatic rings. The number of amides is 1. The van der Waals surface area contributed by atoms with Gasteiger partial charge in [-0.2, -0.15) is 0 Å². The van der Waals surface area contributed by atoms with Crippen LogP contribution in [0, 0.1) is 6.92 Å². The van der Waals surface area contributed by atoms with E-state index in [1.165, 1.54) is 12.4 Å². The third-order valence-corrected chi connectivity index (χ3v) is 4.56. The largest absolute Gasteiger partial charge is 0.372 e. The molecule has 0 saturated carbocycles. The van der Waals surface area contributed by atoms with E-state index >= 15 is 0 Å². The van der Waals surface area contributed by atoms with E-state index in [1.807, 2.05) is 55.5 Å². The van der Waals surface area contributed by atoms with Gasteiger partial charge in [-0.05, 0) is 56.7 Å². The predicted molar refractivity (Wildman–Crippen MR) is 114 cm³/mol. The molecule has 6 heteroatoms. The van der Waals surface area contributed by atoms with E-state index in [0.29, 0.717) is 11.5 Å². The molecule has 3 rings (SSSR count). The third-order valence-electron chi connectivity index (χ3n) is 4.56. The maximum Gasteiger partial charge on any atom is 0.258 e. The van der Waals surface area contributed by atoms with Crippen molar-refractivity contribution in [2.45, 2.75) is 20.8 Å². The van der Waals surface area contributed by atoms with Crippen molar-refractivity contribution in [2.24, 2.45) is 0 Å². The van der Waals surface area contributed by atoms with Gasteiger partial charge in [0.25, 0.3) is 5.91 Å². The lowest BCUT2D eigenvalue weighted by Crippen LogP contribution is -2.21. The van der Waals surface area contributed by atoms with E-state index in [4.69, 9.17) is 0 Å². The molecule has 1 amide bonds. The normalized spacial score (nSPS) is 10.4. The summed E-state index contributed by atoms with van der Waals surface area (Å²) in [7, 11) is 0. The summed E-state index contributed by atoms with van der Waals surface area (Å²) >= 11 is 0.